The van der Waals surface area contributed by atoms with Crippen LogP contribution in [0.2, 0.25) is 0 Å². The summed E-state index contributed by atoms with van der Waals surface area (Å²) in [5.41, 5.74) is 3.71. The molecule has 0 aromatic carbocycles. The molecule has 4 nitrogen and oxygen atoms in total. The topological polar surface area (TPSA) is 75.4 Å². The lowest BCUT2D eigenvalue weighted by Crippen LogP contribution is -2.51. The summed E-state index contributed by atoms with van der Waals surface area (Å²) in [6.07, 6.45) is 3.62. The average Bonchev–Trinajstić information content (AvgIpc) is 2.17. The third-order valence-corrected chi connectivity index (χ3v) is 2.26. The van der Waals surface area contributed by atoms with E-state index in [0.717, 1.165) is 25.8 Å². The van der Waals surface area contributed by atoms with E-state index in [-0.39, 0.29) is 18.7 Å². The monoisotopic (exact) mass is 202 g/mol. The molecular formula is C10H22N2O2. The molecule has 0 spiro atoms. The molecule has 0 aromatic heterocycles. The van der Waals surface area contributed by atoms with Crippen LogP contribution in [0.5, 0.6) is 0 Å². The van der Waals surface area contributed by atoms with Crippen molar-refractivity contribution in [1.82, 2.24) is 5.32 Å². The molecule has 0 rings (SSSR count). The van der Waals surface area contributed by atoms with Crippen molar-refractivity contribution < 1.29 is 9.90 Å². The van der Waals surface area contributed by atoms with Crippen LogP contribution in [-0.2, 0) is 4.79 Å². The van der Waals surface area contributed by atoms with Gasteiger partial charge in [0.25, 0.3) is 0 Å². The normalized spacial score (nSPS) is 15.1. The predicted octanol–water partition coefficient (Wildman–Crippen LogP) is 0.393. The van der Waals surface area contributed by atoms with Gasteiger partial charge in [0.15, 0.2) is 11.5 Å². The van der Waals surface area contributed by atoms with E-state index in [9.17, 15) is 9.90 Å². The van der Waals surface area contributed by atoms with Crippen LogP contribution in [0.4, 0.5) is 0 Å². The minimum absolute atomic E-state index is 0.157. The maximum Gasteiger partial charge on any atom is 0.192 e. The molecule has 0 saturated heterocycles. The third kappa shape index (κ3) is 5.32. The molecule has 4 heteroatoms. The number of Topliss-reactive ketones (excluding diaryl/α,β-unsaturated/α-hetero) is 1. The summed E-state index contributed by atoms with van der Waals surface area (Å²) in [5.74, 6) is -0.337. The second kappa shape index (κ2) is 6.92. The Morgan fingerprint density at radius 1 is 1.43 bits per heavy atom. The summed E-state index contributed by atoms with van der Waals surface area (Å²) in [6.45, 7) is 4.78. The summed E-state index contributed by atoms with van der Waals surface area (Å²) in [7, 11) is 0. The highest BCUT2D eigenvalue weighted by molar-refractivity contribution is 5.88. The third-order valence-electron chi connectivity index (χ3n) is 2.26. The molecule has 0 aliphatic heterocycles. The molecular weight excluding hydrogens is 180 g/mol. The Kier molecular flexibility index (Phi) is 6.70. The fourth-order valence-corrected chi connectivity index (χ4v) is 1.05. The molecule has 0 saturated carbocycles. The van der Waals surface area contributed by atoms with E-state index in [0.29, 0.717) is 0 Å². The van der Waals surface area contributed by atoms with Gasteiger partial charge in [0.2, 0.25) is 0 Å². The summed E-state index contributed by atoms with van der Waals surface area (Å²) in [5, 5.41) is 12.4. The fourth-order valence-electron chi connectivity index (χ4n) is 1.05. The number of nitrogens with two attached hydrogens (primary N) is 1. The quantitative estimate of drug-likeness (QED) is 0.393. The van der Waals surface area contributed by atoms with Gasteiger partial charge < -0.3 is 10.4 Å². The number of ketones is 1. The number of rotatable bonds is 8. The highest BCUT2D eigenvalue weighted by atomic mass is 16.3. The first kappa shape index (κ1) is 13.5. The SMILES string of the molecule is CCCCCNCC(=O)C(N)(O)CC. The number of carbonyl (C=O) groups is 1. The lowest BCUT2D eigenvalue weighted by Gasteiger charge is -2.19. The Balaban J connectivity index is 3.54. The van der Waals surface area contributed by atoms with Gasteiger partial charge in [-0.1, -0.05) is 26.7 Å². The Labute approximate surface area is 85.9 Å². The molecule has 0 fully saturated rings. The van der Waals surface area contributed by atoms with Gasteiger partial charge in [-0.15, -0.1) is 0 Å². The van der Waals surface area contributed by atoms with Crippen molar-refractivity contribution in [1.29, 1.82) is 0 Å². The summed E-state index contributed by atoms with van der Waals surface area (Å²) >= 11 is 0. The van der Waals surface area contributed by atoms with Crippen molar-refractivity contribution in [3.63, 3.8) is 0 Å². The second-order valence-electron chi connectivity index (χ2n) is 3.58. The van der Waals surface area contributed by atoms with Gasteiger partial charge in [-0.3, -0.25) is 10.5 Å². The lowest BCUT2D eigenvalue weighted by molar-refractivity contribution is -0.136. The minimum Gasteiger partial charge on any atom is -0.369 e. The standard InChI is InChI=1S/C10H22N2O2/c1-3-5-6-7-12-8-9(13)10(11,14)4-2/h12,14H,3-8,11H2,1-2H3. The first-order valence-electron chi connectivity index (χ1n) is 5.29. The molecule has 0 heterocycles. The molecule has 1 atom stereocenters. The van der Waals surface area contributed by atoms with E-state index in [1.54, 1.807) is 6.92 Å². The molecule has 0 bridgehead atoms. The first-order valence-corrected chi connectivity index (χ1v) is 5.29. The molecule has 14 heavy (non-hydrogen) atoms. The van der Waals surface area contributed by atoms with Crippen molar-refractivity contribution >= 4 is 5.78 Å². The van der Waals surface area contributed by atoms with E-state index in [1.165, 1.54) is 0 Å². The number of nitrogens with one attached hydrogen (secondary N) is 1. The van der Waals surface area contributed by atoms with Crippen molar-refractivity contribution in [2.24, 2.45) is 5.73 Å². The van der Waals surface area contributed by atoms with Crippen molar-refractivity contribution in [2.45, 2.75) is 45.3 Å². The largest absolute Gasteiger partial charge is 0.369 e. The Morgan fingerprint density at radius 3 is 2.57 bits per heavy atom. The van der Waals surface area contributed by atoms with Crippen molar-refractivity contribution in [3.05, 3.63) is 0 Å². The molecule has 0 radical (unpaired) electrons. The highest BCUT2D eigenvalue weighted by Crippen LogP contribution is 2.01. The summed E-state index contributed by atoms with van der Waals surface area (Å²) in [6, 6.07) is 0. The van der Waals surface area contributed by atoms with Gasteiger partial charge in [0.1, 0.15) is 0 Å². The predicted molar refractivity (Wildman–Crippen MR) is 56.8 cm³/mol. The van der Waals surface area contributed by atoms with Gasteiger partial charge in [0, 0.05) is 0 Å². The minimum atomic E-state index is -1.66. The van der Waals surface area contributed by atoms with Gasteiger partial charge in [-0.25, -0.2) is 0 Å². The van der Waals surface area contributed by atoms with Crippen LogP contribution < -0.4 is 11.1 Å². The number of carbonyl (C=O) groups excluding carboxylic acids is 1. The highest BCUT2D eigenvalue weighted by Gasteiger charge is 2.27. The fraction of sp³-hybridized carbons (Fsp3) is 0.900. The maximum absolute atomic E-state index is 11.3. The Hall–Kier alpha value is -0.450. The number of hydrogen-bond donors (Lipinski definition) is 3. The van der Waals surface area contributed by atoms with E-state index in [4.69, 9.17) is 5.73 Å². The van der Waals surface area contributed by atoms with E-state index in [2.05, 4.69) is 12.2 Å². The molecule has 84 valence electrons. The second-order valence-corrected chi connectivity index (χ2v) is 3.58. The zero-order valence-corrected chi connectivity index (χ0v) is 9.18. The van der Waals surface area contributed by atoms with Crippen LogP contribution in [0.25, 0.3) is 0 Å². The van der Waals surface area contributed by atoms with Crippen molar-refractivity contribution in [3.8, 4) is 0 Å². The van der Waals surface area contributed by atoms with Crippen LogP contribution in [0.3, 0.4) is 0 Å². The van der Waals surface area contributed by atoms with E-state index in [1.807, 2.05) is 0 Å². The van der Waals surface area contributed by atoms with Crippen LogP contribution >= 0.6 is 0 Å². The number of unbranched alkanes of at least 4 members (excludes halogenated alkanes) is 2. The molecule has 0 aliphatic carbocycles. The van der Waals surface area contributed by atoms with Crippen molar-refractivity contribution in [2.75, 3.05) is 13.1 Å². The lowest BCUT2D eigenvalue weighted by atomic mass is 10.1. The van der Waals surface area contributed by atoms with Crippen LogP contribution in [0, 0.1) is 0 Å². The van der Waals surface area contributed by atoms with Crippen LogP contribution in [0.15, 0.2) is 0 Å². The first-order chi connectivity index (χ1) is 6.54. The molecule has 1 unspecified atom stereocenters. The average molecular weight is 202 g/mol. The molecule has 0 aliphatic rings. The van der Waals surface area contributed by atoms with E-state index < -0.39 is 5.72 Å². The molecule has 0 aromatic rings. The molecule has 4 N–H and O–H groups in total. The van der Waals surface area contributed by atoms with Gasteiger partial charge in [-0.05, 0) is 19.4 Å². The van der Waals surface area contributed by atoms with Crippen LogP contribution in [0.1, 0.15) is 39.5 Å². The van der Waals surface area contributed by atoms with Gasteiger partial charge in [-0.2, -0.15) is 0 Å². The zero-order chi connectivity index (χ0) is 11.0. The maximum atomic E-state index is 11.3. The van der Waals surface area contributed by atoms with Crippen LogP contribution in [-0.4, -0.2) is 29.7 Å². The van der Waals surface area contributed by atoms with Gasteiger partial charge >= 0.3 is 0 Å². The summed E-state index contributed by atoms with van der Waals surface area (Å²) < 4.78 is 0. The smallest absolute Gasteiger partial charge is 0.192 e. The summed E-state index contributed by atoms with van der Waals surface area (Å²) in [4.78, 5) is 11.3. The van der Waals surface area contributed by atoms with E-state index >= 15 is 0 Å². The number of aliphatic hydroxyl groups is 1. The Morgan fingerprint density at radius 2 is 2.07 bits per heavy atom. The molecule has 0 amide bonds. The Bertz CT molecular complexity index is 170. The zero-order valence-electron chi connectivity index (χ0n) is 9.18. The number of hydrogen-bond acceptors (Lipinski definition) is 4. The van der Waals surface area contributed by atoms with Gasteiger partial charge in [0.05, 0.1) is 6.54 Å².